The largest absolute Gasteiger partial charge is 0.495 e. The summed E-state index contributed by atoms with van der Waals surface area (Å²) in [5.74, 6) is 0.881. The number of carbonyl (C=O) groups excluding carboxylic acids is 1. The Hall–Kier alpha value is -3.47. The number of rotatable bonds is 9. The zero-order valence-corrected chi connectivity index (χ0v) is 24.4. The van der Waals surface area contributed by atoms with Crippen LogP contribution in [0.2, 0.25) is 10.0 Å². The number of anilines is 1. The third kappa shape index (κ3) is 6.77. The number of carbonyl (C=O) groups is 1. The molecule has 0 spiro atoms. The minimum absolute atomic E-state index is 0.000819. The summed E-state index contributed by atoms with van der Waals surface area (Å²) >= 11 is 12.2. The SMILES string of the molecule is COc1cccc2c(C(=O)NCc3cccc(Cl)c3)cn(CCCN3CCN(c4ncc(C(F)(F)F)cc4Cl)CC3)c12. The van der Waals surface area contributed by atoms with Gasteiger partial charge in [0.1, 0.15) is 11.6 Å². The fraction of sp³-hybridized carbons (Fsp3) is 0.333. The van der Waals surface area contributed by atoms with Gasteiger partial charge in [0.15, 0.2) is 0 Å². The Kier molecular flexibility index (Phi) is 9.15. The van der Waals surface area contributed by atoms with Crippen LogP contribution in [-0.4, -0.2) is 60.2 Å². The Bertz CT molecular complexity index is 1570. The number of nitrogens with one attached hydrogen (secondary N) is 1. The summed E-state index contributed by atoms with van der Waals surface area (Å²) in [6.07, 6.45) is -0.957. The number of aryl methyl sites for hydroxylation is 1. The number of pyridine rings is 1. The van der Waals surface area contributed by atoms with E-state index < -0.39 is 11.7 Å². The summed E-state index contributed by atoms with van der Waals surface area (Å²) in [6.45, 7) is 4.51. The molecule has 1 N–H and O–H groups in total. The third-order valence-electron chi connectivity index (χ3n) is 7.36. The fourth-order valence-corrected chi connectivity index (χ4v) is 5.74. The molecule has 12 heteroatoms. The molecule has 0 bridgehead atoms. The molecule has 0 unspecified atom stereocenters. The molecule has 1 aliphatic heterocycles. The van der Waals surface area contributed by atoms with Crippen molar-refractivity contribution >= 4 is 45.8 Å². The topological polar surface area (TPSA) is 62.6 Å². The molecule has 7 nitrogen and oxygen atoms in total. The van der Waals surface area contributed by atoms with Crippen LogP contribution in [-0.2, 0) is 19.3 Å². The lowest BCUT2D eigenvalue weighted by molar-refractivity contribution is -0.137. The highest BCUT2D eigenvalue weighted by atomic mass is 35.5. The number of alkyl halides is 3. The molecule has 5 rings (SSSR count). The van der Waals surface area contributed by atoms with E-state index in [4.69, 9.17) is 27.9 Å². The number of piperazine rings is 1. The summed E-state index contributed by atoms with van der Waals surface area (Å²) < 4.78 is 46.6. The van der Waals surface area contributed by atoms with Crippen molar-refractivity contribution in [1.82, 2.24) is 19.8 Å². The minimum Gasteiger partial charge on any atom is -0.495 e. The minimum atomic E-state index is -4.48. The van der Waals surface area contributed by atoms with Gasteiger partial charge in [0.2, 0.25) is 0 Å². The number of aromatic nitrogens is 2. The number of halogens is 5. The lowest BCUT2D eigenvalue weighted by Gasteiger charge is -2.35. The van der Waals surface area contributed by atoms with Crippen molar-refractivity contribution in [1.29, 1.82) is 0 Å². The first-order valence-electron chi connectivity index (χ1n) is 13.5. The van der Waals surface area contributed by atoms with Crippen LogP contribution in [0.1, 0.15) is 27.9 Å². The van der Waals surface area contributed by atoms with Crippen molar-refractivity contribution in [3.63, 3.8) is 0 Å². The molecule has 0 saturated carbocycles. The summed E-state index contributed by atoms with van der Waals surface area (Å²) in [4.78, 5) is 21.4. The quantitative estimate of drug-likeness (QED) is 0.231. The molecule has 0 aliphatic carbocycles. The van der Waals surface area contributed by atoms with Crippen molar-refractivity contribution in [2.75, 3.05) is 44.7 Å². The maximum absolute atomic E-state index is 13.2. The molecule has 1 aliphatic rings. The van der Waals surface area contributed by atoms with Crippen molar-refractivity contribution in [3.05, 3.63) is 87.7 Å². The molecule has 1 fully saturated rings. The summed E-state index contributed by atoms with van der Waals surface area (Å²) in [6, 6.07) is 14.0. The van der Waals surface area contributed by atoms with Crippen LogP contribution in [0.25, 0.3) is 10.9 Å². The monoisotopic (exact) mass is 619 g/mol. The zero-order valence-electron chi connectivity index (χ0n) is 22.9. The molecule has 42 heavy (non-hydrogen) atoms. The van der Waals surface area contributed by atoms with E-state index in [1.807, 2.05) is 47.5 Å². The molecule has 2 aromatic carbocycles. The third-order valence-corrected chi connectivity index (χ3v) is 7.88. The van der Waals surface area contributed by atoms with Crippen molar-refractivity contribution in [2.45, 2.75) is 25.7 Å². The van der Waals surface area contributed by atoms with Gasteiger partial charge in [-0.15, -0.1) is 0 Å². The lowest BCUT2D eigenvalue weighted by atomic mass is 10.1. The van der Waals surface area contributed by atoms with Crippen molar-refractivity contribution < 1.29 is 22.7 Å². The Morgan fingerprint density at radius 1 is 1.05 bits per heavy atom. The second kappa shape index (κ2) is 12.8. The molecule has 222 valence electrons. The number of amides is 1. The highest BCUT2D eigenvalue weighted by Gasteiger charge is 2.32. The average Bonchev–Trinajstić information content (AvgIpc) is 3.35. The van der Waals surface area contributed by atoms with Crippen molar-refractivity contribution in [2.24, 2.45) is 0 Å². The van der Waals surface area contributed by atoms with Gasteiger partial charge in [-0.05, 0) is 42.8 Å². The van der Waals surface area contributed by atoms with Crippen LogP contribution >= 0.6 is 23.2 Å². The predicted molar refractivity (Wildman–Crippen MR) is 159 cm³/mol. The van der Waals surface area contributed by atoms with E-state index in [1.165, 1.54) is 0 Å². The van der Waals surface area contributed by atoms with Gasteiger partial charge in [0, 0.05) is 62.1 Å². The standard InChI is InChI=1S/C30H30Cl2F3N5O2/c1-42-26-8-3-7-23-24(29(41)37-17-20-5-2-6-22(31)15-20)19-40(27(23)26)10-4-9-38-11-13-39(14-12-38)28-25(32)16-21(18-36-28)30(33,34)35/h2-3,5-8,15-16,18-19H,4,9-14,17H2,1H3,(H,37,41). The molecular weight excluding hydrogens is 590 g/mol. The summed E-state index contributed by atoms with van der Waals surface area (Å²) in [7, 11) is 1.61. The van der Waals surface area contributed by atoms with Crippen LogP contribution in [0.3, 0.4) is 0 Å². The van der Waals surface area contributed by atoms with E-state index in [0.29, 0.717) is 48.3 Å². The molecule has 1 amide bonds. The second-order valence-electron chi connectivity index (χ2n) is 10.1. The van der Waals surface area contributed by atoms with E-state index in [0.717, 1.165) is 54.8 Å². The van der Waals surface area contributed by atoms with E-state index in [2.05, 4.69) is 19.8 Å². The number of fused-ring (bicyclic) bond motifs is 1. The first-order chi connectivity index (χ1) is 20.1. The number of methoxy groups -OCH3 is 1. The number of para-hydroxylation sites is 1. The van der Waals surface area contributed by atoms with Crippen LogP contribution in [0.15, 0.2) is 60.9 Å². The van der Waals surface area contributed by atoms with Gasteiger partial charge < -0.3 is 19.5 Å². The highest BCUT2D eigenvalue weighted by Crippen LogP contribution is 2.34. The van der Waals surface area contributed by atoms with E-state index in [9.17, 15) is 18.0 Å². The van der Waals surface area contributed by atoms with Gasteiger partial charge in [-0.3, -0.25) is 9.69 Å². The first-order valence-corrected chi connectivity index (χ1v) is 14.3. The maximum atomic E-state index is 13.2. The number of nitrogens with zero attached hydrogens (tertiary/aromatic N) is 4. The normalized spacial score (nSPS) is 14.4. The predicted octanol–water partition coefficient (Wildman–Crippen LogP) is 6.51. The van der Waals surface area contributed by atoms with Gasteiger partial charge in [0.05, 0.1) is 28.8 Å². The van der Waals surface area contributed by atoms with Gasteiger partial charge >= 0.3 is 6.18 Å². The van der Waals surface area contributed by atoms with E-state index in [-0.39, 0.29) is 10.9 Å². The van der Waals surface area contributed by atoms with Crippen LogP contribution in [0, 0.1) is 0 Å². The van der Waals surface area contributed by atoms with Gasteiger partial charge in [-0.25, -0.2) is 4.98 Å². The van der Waals surface area contributed by atoms with E-state index in [1.54, 1.807) is 13.2 Å². The average molecular weight is 621 g/mol. The molecule has 0 radical (unpaired) electrons. The van der Waals surface area contributed by atoms with Crippen LogP contribution in [0.5, 0.6) is 5.75 Å². The van der Waals surface area contributed by atoms with Gasteiger partial charge in [-0.1, -0.05) is 47.5 Å². The van der Waals surface area contributed by atoms with Crippen LogP contribution in [0.4, 0.5) is 19.0 Å². The summed E-state index contributed by atoms with van der Waals surface area (Å²) in [5, 5.41) is 4.42. The maximum Gasteiger partial charge on any atom is 0.417 e. The van der Waals surface area contributed by atoms with Crippen molar-refractivity contribution in [3.8, 4) is 5.75 Å². The molecule has 1 saturated heterocycles. The second-order valence-corrected chi connectivity index (χ2v) is 11.0. The van der Waals surface area contributed by atoms with E-state index >= 15 is 0 Å². The number of ether oxygens (including phenoxy) is 1. The first kappa shape index (κ1) is 30.0. The highest BCUT2D eigenvalue weighted by molar-refractivity contribution is 6.33. The fourth-order valence-electron chi connectivity index (χ4n) is 5.24. The smallest absolute Gasteiger partial charge is 0.417 e. The molecule has 2 aromatic heterocycles. The molecule has 0 atom stereocenters. The molecule has 3 heterocycles. The Labute approximate surface area is 251 Å². The lowest BCUT2D eigenvalue weighted by Crippen LogP contribution is -2.47. The van der Waals surface area contributed by atoms with Gasteiger partial charge in [0.25, 0.3) is 5.91 Å². The van der Waals surface area contributed by atoms with Crippen LogP contribution < -0.4 is 15.0 Å². The molecule has 4 aromatic rings. The molecular formula is C30H30Cl2F3N5O2. The zero-order chi connectivity index (χ0) is 29.9. The Morgan fingerprint density at radius 3 is 2.50 bits per heavy atom. The number of benzene rings is 2. The van der Waals surface area contributed by atoms with Gasteiger partial charge in [-0.2, -0.15) is 13.2 Å². The Morgan fingerprint density at radius 2 is 1.81 bits per heavy atom. The number of hydrogen-bond acceptors (Lipinski definition) is 5. The Balaban J connectivity index is 1.21. The number of hydrogen-bond donors (Lipinski definition) is 1. The summed E-state index contributed by atoms with van der Waals surface area (Å²) in [5.41, 5.74) is 1.49.